The molecule has 1 aromatic heterocycles. The van der Waals surface area contributed by atoms with Crippen LogP contribution in [-0.2, 0) is 9.59 Å². The maximum Gasteiger partial charge on any atom is 0.329 e. The minimum absolute atomic E-state index is 0.468. The molecule has 2 amide bonds. The van der Waals surface area contributed by atoms with Crippen LogP contribution >= 0.6 is 11.6 Å². The number of nitrogens with one attached hydrogen (secondary N) is 2. The number of halogens is 1. The van der Waals surface area contributed by atoms with Crippen molar-refractivity contribution in [2.45, 2.75) is 0 Å². The Hall–Kier alpha value is -2.73. The second kappa shape index (κ2) is 7.16. The van der Waals surface area contributed by atoms with E-state index in [2.05, 4.69) is 20.8 Å². The quantitative estimate of drug-likeness (QED) is 0.515. The predicted molar refractivity (Wildman–Crippen MR) is 80.1 cm³/mol. The van der Waals surface area contributed by atoms with Gasteiger partial charge in [0.05, 0.1) is 6.21 Å². The second-order valence-electron chi connectivity index (χ2n) is 3.95. The van der Waals surface area contributed by atoms with Crippen LogP contribution in [0.4, 0.5) is 5.69 Å². The van der Waals surface area contributed by atoms with Crippen molar-refractivity contribution >= 4 is 35.3 Å². The van der Waals surface area contributed by atoms with Crippen LogP contribution in [0, 0.1) is 0 Å². The normalized spacial score (nSPS) is 10.3. The van der Waals surface area contributed by atoms with E-state index in [9.17, 15) is 9.59 Å². The molecular formula is C14H11ClN4O2. The van der Waals surface area contributed by atoms with Crippen molar-refractivity contribution in [3.8, 4) is 0 Å². The third-order valence-corrected chi connectivity index (χ3v) is 2.62. The van der Waals surface area contributed by atoms with Gasteiger partial charge in [0.25, 0.3) is 0 Å². The second-order valence-corrected chi connectivity index (χ2v) is 4.38. The molecule has 6 nitrogen and oxygen atoms in total. The van der Waals surface area contributed by atoms with E-state index in [1.165, 1.54) is 6.21 Å². The first-order chi connectivity index (χ1) is 10.1. The van der Waals surface area contributed by atoms with Crippen molar-refractivity contribution in [3.05, 3.63) is 59.4 Å². The number of hydrogen-bond acceptors (Lipinski definition) is 4. The number of pyridine rings is 1. The van der Waals surface area contributed by atoms with Gasteiger partial charge < -0.3 is 5.32 Å². The molecule has 2 aromatic rings. The highest BCUT2D eigenvalue weighted by molar-refractivity contribution is 6.39. The fraction of sp³-hybridized carbons (Fsp3) is 0. The van der Waals surface area contributed by atoms with Crippen LogP contribution in [0.1, 0.15) is 5.56 Å². The van der Waals surface area contributed by atoms with Crippen molar-refractivity contribution < 1.29 is 9.59 Å². The number of rotatable bonds is 3. The monoisotopic (exact) mass is 302 g/mol. The molecule has 0 spiro atoms. The number of carbonyl (C=O) groups is 2. The van der Waals surface area contributed by atoms with E-state index in [4.69, 9.17) is 11.6 Å². The number of amides is 2. The number of hydrogen-bond donors (Lipinski definition) is 2. The summed E-state index contributed by atoms with van der Waals surface area (Å²) in [5, 5.41) is 6.63. The number of carbonyl (C=O) groups excluding carboxylic acids is 2. The zero-order valence-corrected chi connectivity index (χ0v) is 11.5. The van der Waals surface area contributed by atoms with Crippen molar-refractivity contribution in [1.82, 2.24) is 10.4 Å². The molecular weight excluding hydrogens is 292 g/mol. The summed E-state index contributed by atoms with van der Waals surface area (Å²) in [5.74, 6) is -1.69. The van der Waals surface area contributed by atoms with Gasteiger partial charge in [-0.05, 0) is 30.3 Å². The van der Waals surface area contributed by atoms with Gasteiger partial charge in [-0.2, -0.15) is 5.10 Å². The highest BCUT2D eigenvalue weighted by atomic mass is 35.5. The lowest BCUT2D eigenvalue weighted by Crippen LogP contribution is -2.32. The van der Waals surface area contributed by atoms with E-state index < -0.39 is 11.8 Å². The van der Waals surface area contributed by atoms with E-state index in [-0.39, 0.29) is 0 Å². The lowest BCUT2D eigenvalue weighted by Gasteiger charge is -2.03. The summed E-state index contributed by atoms with van der Waals surface area (Å²) in [4.78, 5) is 27.0. The fourth-order valence-electron chi connectivity index (χ4n) is 1.39. The van der Waals surface area contributed by atoms with E-state index in [1.807, 2.05) is 0 Å². The SMILES string of the molecule is O=C(NN=Cc1cccnc1)C(=O)Nc1ccc(Cl)cc1. The molecule has 21 heavy (non-hydrogen) atoms. The smallest absolute Gasteiger partial charge is 0.318 e. The number of benzene rings is 1. The van der Waals surface area contributed by atoms with Crippen molar-refractivity contribution in [2.24, 2.45) is 5.10 Å². The summed E-state index contributed by atoms with van der Waals surface area (Å²) in [6, 6.07) is 9.89. The number of hydrazone groups is 1. The summed E-state index contributed by atoms with van der Waals surface area (Å²) in [7, 11) is 0. The van der Waals surface area contributed by atoms with Gasteiger partial charge in [-0.25, -0.2) is 5.43 Å². The third-order valence-electron chi connectivity index (χ3n) is 2.37. The Bertz CT molecular complexity index is 656. The Balaban J connectivity index is 1.87. The molecule has 0 saturated carbocycles. The molecule has 106 valence electrons. The maximum absolute atomic E-state index is 11.6. The Morgan fingerprint density at radius 3 is 2.57 bits per heavy atom. The molecule has 1 heterocycles. The van der Waals surface area contributed by atoms with Gasteiger partial charge in [0.15, 0.2) is 0 Å². The van der Waals surface area contributed by atoms with E-state index in [1.54, 1.807) is 48.8 Å². The Kier molecular flexibility index (Phi) is 5.00. The summed E-state index contributed by atoms with van der Waals surface area (Å²) in [5.41, 5.74) is 3.30. The number of nitrogens with zero attached hydrogens (tertiary/aromatic N) is 2. The molecule has 0 aliphatic rings. The largest absolute Gasteiger partial charge is 0.329 e. The zero-order valence-electron chi connectivity index (χ0n) is 10.8. The highest BCUT2D eigenvalue weighted by Gasteiger charge is 2.12. The zero-order chi connectivity index (χ0) is 15.1. The van der Waals surface area contributed by atoms with Gasteiger partial charge in [-0.1, -0.05) is 17.7 Å². The predicted octanol–water partition coefficient (Wildman–Crippen LogP) is 1.82. The Labute approximate surface area is 125 Å². The Morgan fingerprint density at radius 1 is 1.14 bits per heavy atom. The topological polar surface area (TPSA) is 83.5 Å². The van der Waals surface area contributed by atoms with Crippen LogP contribution in [0.3, 0.4) is 0 Å². The highest BCUT2D eigenvalue weighted by Crippen LogP contribution is 2.13. The summed E-state index contributed by atoms with van der Waals surface area (Å²) >= 11 is 5.72. The maximum atomic E-state index is 11.6. The van der Waals surface area contributed by atoms with Gasteiger partial charge in [0, 0.05) is 28.7 Å². The number of anilines is 1. The van der Waals surface area contributed by atoms with Gasteiger partial charge in [0.2, 0.25) is 0 Å². The van der Waals surface area contributed by atoms with Crippen LogP contribution in [0.2, 0.25) is 5.02 Å². The Morgan fingerprint density at radius 2 is 1.90 bits per heavy atom. The lowest BCUT2D eigenvalue weighted by molar-refractivity contribution is -0.136. The van der Waals surface area contributed by atoms with Crippen LogP contribution in [0.15, 0.2) is 53.9 Å². The molecule has 0 bridgehead atoms. The summed E-state index contributed by atoms with van der Waals surface area (Å²) < 4.78 is 0. The molecule has 0 radical (unpaired) electrons. The van der Waals surface area contributed by atoms with E-state index in [0.717, 1.165) is 0 Å². The average Bonchev–Trinajstić information content (AvgIpc) is 2.50. The van der Waals surface area contributed by atoms with Crippen LogP contribution < -0.4 is 10.7 Å². The summed E-state index contributed by atoms with van der Waals surface area (Å²) in [6.45, 7) is 0. The van der Waals surface area contributed by atoms with E-state index >= 15 is 0 Å². The van der Waals surface area contributed by atoms with Gasteiger partial charge >= 0.3 is 11.8 Å². The van der Waals surface area contributed by atoms with Gasteiger partial charge in [-0.3, -0.25) is 14.6 Å². The first kappa shape index (κ1) is 14.7. The molecule has 1 aromatic carbocycles. The molecule has 7 heteroatoms. The molecule has 0 unspecified atom stereocenters. The molecule has 0 aliphatic carbocycles. The van der Waals surface area contributed by atoms with Crippen molar-refractivity contribution in [3.63, 3.8) is 0 Å². The molecule has 2 rings (SSSR count). The average molecular weight is 303 g/mol. The minimum Gasteiger partial charge on any atom is -0.318 e. The van der Waals surface area contributed by atoms with Gasteiger partial charge in [0.1, 0.15) is 0 Å². The minimum atomic E-state index is -0.870. The molecule has 0 atom stereocenters. The van der Waals surface area contributed by atoms with Crippen LogP contribution in [-0.4, -0.2) is 23.0 Å². The van der Waals surface area contributed by atoms with Gasteiger partial charge in [-0.15, -0.1) is 0 Å². The van der Waals surface area contributed by atoms with E-state index in [0.29, 0.717) is 16.3 Å². The third kappa shape index (κ3) is 4.70. The van der Waals surface area contributed by atoms with Crippen molar-refractivity contribution in [2.75, 3.05) is 5.32 Å². The van der Waals surface area contributed by atoms with Crippen LogP contribution in [0.25, 0.3) is 0 Å². The first-order valence-electron chi connectivity index (χ1n) is 5.95. The fourth-order valence-corrected chi connectivity index (χ4v) is 1.52. The lowest BCUT2D eigenvalue weighted by atomic mass is 10.3. The summed E-state index contributed by atoms with van der Waals surface area (Å²) in [6.07, 6.45) is 4.58. The van der Waals surface area contributed by atoms with Crippen LogP contribution in [0.5, 0.6) is 0 Å². The molecule has 2 N–H and O–H groups in total. The standard InChI is InChI=1S/C14H11ClN4O2/c15-11-3-5-12(6-4-11)18-13(20)14(21)19-17-9-10-2-1-7-16-8-10/h1-9H,(H,18,20)(H,19,21). The molecule has 0 aliphatic heterocycles. The first-order valence-corrected chi connectivity index (χ1v) is 6.33. The number of aromatic nitrogens is 1. The molecule has 0 saturated heterocycles. The molecule has 0 fully saturated rings. The van der Waals surface area contributed by atoms with Crippen molar-refractivity contribution in [1.29, 1.82) is 0 Å².